The van der Waals surface area contributed by atoms with Gasteiger partial charge in [-0.3, -0.25) is 4.99 Å². The Kier molecular flexibility index (Phi) is 5.74. The van der Waals surface area contributed by atoms with E-state index in [-0.39, 0.29) is 0 Å². The van der Waals surface area contributed by atoms with E-state index in [9.17, 15) is 0 Å². The van der Waals surface area contributed by atoms with Gasteiger partial charge in [-0.05, 0) is 37.4 Å². The van der Waals surface area contributed by atoms with Gasteiger partial charge in [-0.25, -0.2) is 0 Å². The van der Waals surface area contributed by atoms with E-state index in [0.717, 1.165) is 5.25 Å². The highest BCUT2D eigenvalue weighted by Gasteiger charge is 2.26. The first-order valence-electron chi connectivity index (χ1n) is 7.27. The lowest BCUT2D eigenvalue weighted by Gasteiger charge is -2.25. The first-order chi connectivity index (χ1) is 8.69. The number of nitrogens with one attached hydrogen (secondary N) is 1. The van der Waals surface area contributed by atoms with Crippen LogP contribution >= 0.6 is 23.5 Å². The molecule has 0 bridgehead atoms. The Morgan fingerprint density at radius 1 is 1.39 bits per heavy atom. The smallest absolute Gasteiger partial charge is 0.157 e. The molecule has 0 aromatic carbocycles. The Balaban J connectivity index is 1.82. The van der Waals surface area contributed by atoms with Crippen molar-refractivity contribution < 1.29 is 0 Å². The summed E-state index contributed by atoms with van der Waals surface area (Å²) in [6, 6.07) is 1.21. The standard InChI is InChI=1S/C14H26N2S2/c1-4-17-12-6-5-11(9-12)15-14-16-13(10(2)3)7-8-18-14/h10-13H,4-9H2,1-3H3,(H,15,16). The lowest BCUT2D eigenvalue weighted by molar-refractivity contribution is 0.481. The first kappa shape index (κ1) is 14.6. The third-order valence-corrected chi connectivity index (χ3v) is 5.99. The van der Waals surface area contributed by atoms with Crippen LogP contribution in [0.3, 0.4) is 0 Å². The molecule has 2 nitrogen and oxygen atoms in total. The van der Waals surface area contributed by atoms with Crippen molar-refractivity contribution in [3.63, 3.8) is 0 Å². The van der Waals surface area contributed by atoms with E-state index in [2.05, 4.69) is 37.8 Å². The molecule has 1 aliphatic carbocycles. The molecule has 2 aliphatic rings. The van der Waals surface area contributed by atoms with Crippen LogP contribution in [0.4, 0.5) is 0 Å². The summed E-state index contributed by atoms with van der Waals surface area (Å²) in [6.07, 6.45) is 5.27. The van der Waals surface area contributed by atoms with E-state index in [1.807, 2.05) is 11.8 Å². The molecule has 0 aromatic heterocycles. The molecule has 1 aliphatic heterocycles. The van der Waals surface area contributed by atoms with Gasteiger partial charge in [0, 0.05) is 17.0 Å². The molecule has 1 fully saturated rings. The van der Waals surface area contributed by atoms with Gasteiger partial charge >= 0.3 is 0 Å². The predicted molar refractivity (Wildman–Crippen MR) is 85.8 cm³/mol. The summed E-state index contributed by atoms with van der Waals surface area (Å²) in [5.74, 6) is 3.16. The van der Waals surface area contributed by atoms with Crippen molar-refractivity contribution in [3.05, 3.63) is 0 Å². The summed E-state index contributed by atoms with van der Waals surface area (Å²) in [7, 11) is 0. The van der Waals surface area contributed by atoms with Crippen LogP contribution < -0.4 is 5.32 Å². The third-order valence-electron chi connectivity index (χ3n) is 3.82. The van der Waals surface area contributed by atoms with Gasteiger partial charge in [0.05, 0.1) is 6.04 Å². The minimum Gasteiger partial charge on any atom is -0.362 e. The Morgan fingerprint density at radius 2 is 2.22 bits per heavy atom. The van der Waals surface area contributed by atoms with Crippen molar-refractivity contribution >= 4 is 28.7 Å². The van der Waals surface area contributed by atoms with Gasteiger partial charge in [0.1, 0.15) is 0 Å². The van der Waals surface area contributed by atoms with Crippen LogP contribution in [0.2, 0.25) is 0 Å². The van der Waals surface area contributed by atoms with E-state index in [4.69, 9.17) is 4.99 Å². The summed E-state index contributed by atoms with van der Waals surface area (Å²) in [4.78, 5) is 4.88. The molecule has 4 heteroatoms. The molecule has 104 valence electrons. The van der Waals surface area contributed by atoms with Crippen molar-refractivity contribution in [2.75, 3.05) is 11.5 Å². The summed E-state index contributed by atoms with van der Waals surface area (Å²) >= 11 is 4.04. The number of nitrogens with zero attached hydrogens (tertiary/aromatic N) is 1. The molecule has 0 spiro atoms. The van der Waals surface area contributed by atoms with Crippen LogP contribution in [0.15, 0.2) is 4.99 Å². The normalized spacial score (nSPS) is 32.7. The molecule has 0 radical (unpaired) electrons. The second kappa shape index (κ2) is 7.09. The van der Waals surface area contributed by atoms with Crippen LogP contribution in [-0.4, -0.2) is 34.0 Å². The highest BCUT2D eigenvalue weighted by atomic mass is 32.2. The average molecular weight is 287 g/mol. The molecule has 0 aromatic rings. The molecule has 1 N–H and O–H groups in total. The van der Waals surface area contributed by atoms with Gasteiger partial charge in [-0.2, -0.15) is 11.8 Å². The van der Waals surface area contributed by atoms with Gasteiger partial charge in [0.2, 0.25) is 0 Å². The summed E-state index contributed by atoms with van der Waals surface area (Å²) in [5, 5.41) is 5.78. The summed E-state index contributed by atoms with van der Waals surface area (Å²) in [6.45, 7) is 6.83. The number of hydrogen-bond donors (Lipinski definition) is 1. The second-order valence-electron chi connectivity index (χ2n) is 5.61. The van der Waals surface area contributed by atoms with Crippen molar-refractivity contribution in [2.24, 2.45) is 10.9 Å². The monoisotopic (exact) mass is 286 g/mol. The van der Waals surface area contributed by atoms with Gasteiger partial charge in [-0.1, -0.05) is 32.5 Å². The molecular formula is C14H26N2S2. The van der Waals surface area contributed by atoms with Crippen LogP contribution in [0.25, 0.3) is 0 Å². The van der Waals surface area contributed by atoms with Crippen LogP contribution in [-0.2, 0) is 0 Å². The van der Waals surface area contributed by atoms with E-state index >= 15 is 0 Å². The molecule has 18 heavy (non-hydrogen) atoms. The Bertz CT molecular complexity index is 292. The van der Waals surface area contributed by atoms with E-state index in [1.54, 1.807) is 0 Å². The summed E-state index contributed by atoms with van der Waals surface area (Å²) in [5.41, 5.74) is 0. The largest absolute Gasteiger partial charge is 0.362 e. The number of rotatable bonds is 4. The molecular weight excluding hydrogens is 260 g/mol. The Labute approximate surface area is 120 Å². The van der Waals surface area contributed by atoms with Crippen molar-refractivity contribution in [1.82, 2.24) is 5.32 Å². The van der Waals surface area contributed by atoms with Crippen LogP contribution in [0, 0.1) is 5.92 Å². The number of hydrogen-bond acceptors (Lipinski definition) is 4. The minimum absolute atomic E-state index is 0.538. The predicted octanol–water partition coefficient (Wildman–Crippen LogP) is 3.77. The average Bonchev–Trinajstić information content (AvgIpc) is 2.77. The minimum atomic E-state index is 0.538. The highest BCUT2D eigenvalue weighted by molar-refractivity contribution is 8.13. The van der Waals surface area contributed by atoms with E-state index in [0.29, 0.717) is 18.0 Å². The number of aliphatic imine (C=N–C) groups is 1. The maximum atomic E-state index is 4.88. The lowest BCUT2D eigenvalue weighted by Crippen LogP contribution is -2.35. The fourth-order valence-electron chi connectivity index (χ4n) is 2.72. The number of thioether (sulfide) groups is 2. The Morgan fingerprint density at radius 3 is 2.94 bits per heavy atom. The SMILES string of the molecule is CCSC1CCC(NC2=NC(C(C)C)CCS2)C1. The zero-order valence-electron chi connectivity index (χ0n) is 11.8. The van der Waals surface area contributed by atoms with E-state index < -0.39 is 0 Å². The third kappa shape index (κ3) is 4.09. The van der Waals surface area contributed by atoms with Gasteiger partial charge in [0.15, 0.2) is 5.17 Å². The van der Waals surface area contributed by atoms with Crippen LogP contribution in [0.5, 0.6) is 0 Å². The molecule has 3 atom stereocenters. The van der Waals surface area contributed by atoms with E-state index in [1.165, 1.54) is 42.4 Å². The molecule has 1 saturated carbocycles. The van der Waals surface area contributed by atoms with Crippen molar-refractivity contribution in [2.45, 2.75) is 63.8 Å². The highest BCUT2D eigenvalue weighted by Crippen LogP contribution is 2.30. The molecule has 1 heterocycles. The fourth-order valence-corrected chi connectivity index (χ4v) is 4.88. The summed E-state index contributed by atoms with van der Waals surface area (Å²) < 4.78 is 0. The van der Waals surface area contributed by atoms with Crippen LogP contribution in [0.1, 0.15) is 46.5 Å². The maximum Gasteiger partial charge on any atom is 0.157 e. The number of amidine groups is 1. The zero-order valence-corrected chi connectivity index (χ0v) is 13.4. The molecule has 2 rings (SSSR count). The Hall–Kier alpha value is 0.170. The van der Waals surface area contributed by atoms with Gasteiger partial charge in [-0.15, -0.1) is 0 Å². The van der Waals surface area contributed by atoms with Gasteiger partial charge in [0.25, 0.3) is 0 Å². The zero-order chi connectivity index (χ0) is 13.0. The first-order valence-corrected chi connectivity index (χ1v) is 9.31. The molecule has 3 unspecified atom stereocenters. The van der Waals surface area contributed by atoms with Gasteiger partial charge < -0.3 is 5.32 Å². The molecule has 0 saturated heterocycles. The quantitative estimate of drug-likeness (QED) is 0.851. The maximum absolute atomic E-state index is 4.88. The lowest BCUT2D eigenvalue weighted by atomic mass is 10.0. The second-order valence-corrected chi connectivity index (χ2v) is 8.28. The topological polar surface area (TPSA) is 24.4 Å². The molecule has 0 amide bonds. The van der Waals surface area contributed by atoms with Crippen molar-refractivity contribution in [1.29, 1.82) is 0 Å². The fraction of sp³-hybridized carbons (Fsp3) is 0.929. The van der Waals surface area contributed by atoms with Crippen molar-refractivity contribution in [3.8, 4) is 0 Å².